The van der Waals surface area contributed by atoms with Gasteiger partial charge in [0.1, 0.15) is 11.5 Å². The van der Waals surface area contributed by atoms with E-state index in [0.29, 0.717) is 29.3 Å². The van der Waals surface area contributed by atoms with Gasteiger partial charge in [-0.25, -0.2) is 14.4 Å². The van der Waals surface area contributed by atoms with Gasteiger partial charge in [-0.1, -0.05) is 18.2 Å². The molecule has 3 aromatic rings. The van der Waals surface area contributed by atoms with Crippen molar-refractivity contribution in [3.8, 4) is 0 Å². The maximum atomic E-state index is 13.0. The highest BCUT2D eigenvalue weighted by Gasteiger charge is 2.31. The summed E-state index contributed by atoms with van der Waals surface area (Å²) in [5, 5.41) is 2.81. The van der Waals surface area contributed by atoms with E-state index in [0.717, 1.165) is 24.8 Å². The minimum absolute atomic E-state index is 0.141. The van der Waals surface area contributed by atoms with Crippen molar-refractivity contribution in [3.05, 3.63) is 89.0 Å². The summed E-state index contributed by atoms with van der Waals surface area (Å²) in [5.74, 6) is -0.235. The lowest BCUT2D eigenvalue weighted by Gasteiger charge is -2.34. The molecule has 1 aliphatic heterocycles. The van der Waals surface area contributed by atoms with Crippen molar-refractivity contribution in [2.24, 2.45) is 0 Å². The number of piperidine rings is 1. The zero-order valence-electron chi connectivity index (χ0n) is 17.8. The number of benzene rings is 1. The van der Waals surface area contributed by atoms with Crippen molar-refractivity contribution < 1.29 is 14.0 Å². The average molecular weight is 433 g/mol. The first-order chi connectivity index (χ1) is 15.5. The van der Waals surface area contributed by atoms with E-state index in [1.807, 2.05) is 0 Å². The third-order valence-corrected chi connectivity index (χ3v) is 5.55. The van der Waals surface area contributed by atoms with Crippen molar-refractivity contribution in [1.82, 2.24) is 25.2 Å². The van der Waals surface area contributed by atoms with Gasteiger partial charge >= 0.3 is 0 Å². The number of hydrogen-bond acceptors (Lipinski definition) is 5. The largest absolute Gasteiger partial charge is 0.348 e. The molecule has 1 N–H and O–H groups in total. The monoisotopic (exact) mass is 433 g/mol. The van der Waals surface area contributed by atoms with Crippen LogP contribution in [0.3, 0.4) is 0 Å². The van der Waals surface area contributed by atoms with Crippen LogP contribution in [0.5, 0.6) is 0 Å². The molecule has 1 aromatic carbocycles. The molecule has 1 atom stereocenters. The van der Waals surface area contributed by atoms with Gasteiger partial charge in [0.25, 0.3) is 11.8 Å². The first-order valence-electron chi connectivity index (χ1n) is 10.6. The van der Waals surface area contributed by atoms with Crippen LogP contribution in [-0.2, 0) is 6.54 Å². The van der Waals surface area contributed by atoms with Crippen molar-refractivity contribution >= 4 is 11.8 Å². The zero-order valence-corrected chi connectivity index (χ0v) is 17.8. The molecule has 7 nitrogen and oxygen atoms in total. The summed E-state index contributed by atoms with van der Waals surface area (Å²) in [5.41, 5.74) is 2.10. The Bertz CT molecular complexity index is 1110. The minimum Gasteiger partial charge on any atom is -0.348 e. The first kappa shape index (κ1) is 21.5. The summed E-state index contributed by atoms with van der Waals surface area (Å²) in [6.07, 6.45) is 5.76. The minimum atomic E-state index is -0.321. The van der Waals surface area contributed by atoms with Crippen LogP contribution >= 0.6 is 0 Å². The lowest BCUT2D eigenvalue weighted by Crippen LogP contribution is -2.39. The topological polar surface area (TPSA) is 88.1 Å². The van der Waals surface area contributed by atoms with Gasteiger partial charge in [0, 0.05) is 25.5 Å². The molecule has 1 fully saturated rings. The summed E-state index contributed by atoms with van der Waals surface area (Å²) in [4.78, 5) is 40.6. The number of nitrogens with one attached hydrogen (secondary N) is 1. The molecule has 0 radical (unpaired) electrons. The van der Waals surface area contributed by atoms with E-state index in [4.69, 9.17) is 0 Å². The fourth-order valence-electron chi connectivity index (χ4n) is 3.83. The van der Waals surface area contributed by atoms with Crippen molar-refractivity contribution in [2.75, 3.05) is 6.54 Å². The van der Waals surface area contributed by atoms with Crippen LogP contribution < -0.4 is 5.32 Å². The number of amides is 2. The fourth-order valence-corrected chi connectivity index (χ4v) is 3.83. The second kappa shape index (κ2) is 9.64. The maximum Gasteiger partial charge on any atom is 0.273 e. The number of aromatic nitrogens is 3. The van der Waals surface area contributed by atoms with E-state index in [1.54, 1.807) is 48.4 Å². The maximum absolute atomic E-state index is 13.0. The summed E-state index contributed by atoms with van der Waals surface area (Å²) >= 11 is 0. The Morgan fingerprint density at radius 3 is 2.66 bits per heavy atom. The molecule has 0 bridgehead atoms. The van der Waals surface area contributed by atoms with Crippen molar-refractivity contribution in [3.63, 3.8) is 0 Å². The highest BCUT2D eigenvalue weighted by molar-refractivity contribution is 5.95. The normalized spacial score (nSPS) is 15.9. The number of halogens is 1. The number of rotatable bonds is 5. The van der Waals surface area contributed by atoms with Gasteiger partial charge in [0.2, 0.25) is 0 Å². The Balaban J connectivity index is 1.49. The molecule has 0 aliphatic carbocycles. The number of carbonyl (C=O) groups excluding carboxylic acids is 2. The van der Waals surface area contributed by atoms with E-state index in [-0.39, 0.29) is 30.2 Å². The lowest BCUT2D eigenvalue weighted by molar-refractivity contribution is 0.0593. The fraction of sp³-hybridized carbons (Fsp3) is 0.292. The SMILES string of the molecule is Cc1nc([C@H]2CCCCN2C(=O)c2ccccn2)ncc1C(=O)NCc1ccc(F)cc1. The van der Waals surface area contributed by atoms with E-state index in [9.17, 15) is 14.0 Å². The molecule has 3 heterocycles. The van der Waals surface area contributed by atoms with E-state index in [1.165, 1.54) is 18.3 Å². The van der Waals surface area contributed by atoms with Crippen LogP contribution in [-0.4, -0.2) is 38.2 Å². The quantitative estimate of drug-likeness (QED) is 0.664. The number of hydrogen-bond donors (Lipinski definition) is 1. The molecule has 0 saturated carbocycles. The Labute approximate surface area is 185 Å². The number of pyridine rings is 1. The molecule has 0 spiro atoms. The molecule has 1 aliphatic rings. The summed E-state index contributed by atoms with van der Waals surface area (Å²) in [7, 11) is 0. The van der Waals surface area contributed by atoms with Crippen LogP contribution in [0.15, 0.2) is 54.9 Å². The second-order valence-corrected chi connectivity index (χ2v) is 7.76. The first-order valence-corrected chi connectivity index (χ1v) is 10.6. The van der Waals surface area contributed by atoms with E-state index < -0.39 is 0 Å². The Hall–Kier alpha value is -3.68. The molecule has 164 valence electrons. The number of carbonyl (C=O) groups is 2. The second-order valence-electron chi connectivity index (χ2n) is 7.76. The molecular weight excluding hydrogens is 409 g/mol. The third kappa shape index (κ3) is 4.80. The average Bonchev–Trinajstić information content (AvgIpc) is 2.83. The highest BCUT2D eigenvalue weighted by Crippen LogP contribution is 2.30. The van der Waals surface area contributed by atoms with Gasteiger partial charge in [-0.15, -0.1) is 0 Å². The molecule has 2 aromatic heterocycles. The van der Waals surface area contributed by atoms with Crippen LogP contribution in [0.25, 0.3) is 0 Å². The predicted molar refractivity (Wildman–Crippen MR) is 116 cm³/mol. The number of likely N-dealkylation sites (tertiary alicyclic amines) is 1. The molecule has 8 heteroatoms. The standard InChI is InChI=1S/C24H24FN5O2/c1-16-19(23(31)28-14-17-8-10-18(25)11-9-17)15-27-22(29-16)21-7-3-5-13-30(21)24(32)20-6-2-4-12-26-20/h2,4,6,8-12,15,21H,3,5,7,13-14H2,1H3,(H,28,31)/t21-/m1/s1. The molecule has 1 saturated heterocycles. The highest BCUT2D eigenvalue weighted by atomic mass is 19.1. The molecule has 32 heavy (non-hydrogen) atoms. The van der Waals surface area contributed by atoms with Crippen LogP contribution in [0, 0.1) is 12.7 Å². The van der Waals surface area contributed by atoms with Crippen LogP contribution in [0.1, 0.15) is 63.2 Å². The zero-order chi connectivity index (χ0) is 22.5. The van der Waals surface area contributed by atoms with Crippen molar-refractivity contribution in [2.45, 2.75) is 38.8 Å². The van der Waals surface area contributed by atoms with Gasteiger partial charge in [0.05, 0.1) is 17.3 Å². The van der Waals surface area contributed by atoms with Gasteiger partial charge < -0.3 is 10.2 Å². The van der Waals surface area contributed by atoms with Gasteiger partial charge in [-0.05, 0) is 56.0 Å². The number of nitrogens with zero attached hydrogens (tertiary/aromatic N) is 4. The van der Waals surface area contributed by atoms with Crippen LogP contribution in [0.4, 0.5) is 4.39 Å². The molecule has 4 rings (SSSR count). The van der Waals surface area contributed by atoms with E-state index >= 15 is 0 Å². The van der Waals surface area contributed by atoms with E-state index in [2.05, 4.69) is 20.3 Å². The number of aryl methyl sites for hydroxylation is 1. The summed E-state index contributed by atoms with van der Waals surface area (Å²) < 4.78 is 13.0. The summed E-state index contributed by atoms with van der Waals surface area (Å²) in [6, 6.07) is 11.0. The van der Waals surface area contributed by atoms with Gasteiger partial charge in [-0.3, -0.25) is 14.6 Å². The third-order valence-electron chi connectivity index (χ3n) is 5.55. The van der Waals surface area contributed by atoms with Crippen molar-refractivity contribution in [1.29, 1.82) is 0 Å². The smallest absolute Gasteiger partial charge is 0.273 e. The molecule has 2 amide bonds. The Kier molecular flexibility index (Phi) is 6.49. The van der Waals surface area contributed by atoms with Gasteiger partial charge in [-0.2, -0.15) is 0 Å². The summed E-state index contributed by atoms with van der Waals surface area (Å²) in [6.45, 7) is 2.64. The van der Waals surface area contributed by atoms with Crippen LogP contribution in [0.2, 0.25) is 0 Å². The molecule has 0 unspecified atom stereocenters. The Morgan fingerprint density at radius 2 is 1.94 bits per heavy atom. The van der Waals surface area contributed by atoms with Gasteiger partial charge in [0.15, 0.2) is 5.82 Å². The molecular formula is C24H24FN5O2. The lowest BCUT2D eigenvalue weighted by atomic mass is 10.0. The Morgan fingerprint density at radius 1 is 1.12 bits per heavy atom. The predicted octanol–water partition coefficient (Wildman–Crippen LogP) is 3.62.